The van der Waals surface area contributed by atoms with Crippen molar-refractivity contribution in [2.24, 2.45) is 5.10 Å². The number of rotatable bonds is 4. The number of benzene rings is 2. The number of nitrogens with one attached hydrogen (secondary N) is 1. The molecule has 0 aromatic heterocycles. The van der Waals surface area contributed by atoms with E-state index in [2.05, 4.69) is 26.5 Å². The molecule has 0 fully saturated rings. The van der Waals surface area contributed by atoms with Crippen molar-refractivity contribution in [3.63, 3.8) is 0 Å². The first-order chi connectivity index (χ1) is 9.68. The van der Waals surface area contributed by atoms with Gasteiger partial charge in [-0.25, -0.2) is 5.43 Å². The average molecular weight is 333 g/mol. The largest absolute Gasteiger partial charge is 0.378 e. The SMILES string of the molecule is O=C(NN=Cc1ccccc1Br)C(O)c1ccccc1. The van der Waals surface area contributed by atoms with Gasteiger partial charge in [0.05, 0.1) is 6.21 Å². The highest BCUT2D eigenvalue weighted by Gasteiger charge is 2.15. The topological polar surface area (TPSA) is 61.7 Å². The number of hydrogen-bond donors (Lipinski definition) is 2. The quantitative estimate of drug-likeness (QED) is 0.667. The predicted molar refractivity (Wildman–Crippen MR) is 81.3 cm³/mol. The monoisotopic (exact) mass is 332 g/mol. The fourth-order valence-electron chi connectivity index (χ4n) is 1.59. The lowest BCUT2D eigenvalue weighted by atomic mass is 10.1. The van der Waals surface area contributed by atoms with Crippen molar-refractivity contribution in [2.45, 2.75) is 6.10 Å². The third-order valence-corrected chi connectivity index (χ3v) is 3.37. The lowest BCUT2D eigenvalue weighted by Gasteiger charge is -2.08. The molecule has 20 heavy (non-hydrogen) atoms. The maximum absolute atomic E-state index is 11.7. The van der Waals surface area contributed by atoms with Crippen molar-refractivity contribution >= 4 is 28.1 Å². The Morgan fingerprint density at radius 1 is 1.15 bits per heavy atom. The Balaban J connectivity index is 1.97. The molecule has 2 aromatic carbocycles. The van der Waals surface area contributed by atoms with Gasteiger partial charge in [0.25, 0.3) is 5.91 Å². The average Bonchev–Trinajstić information content (AvgIpc) is 2.49. The van der Waals surface area contributed by atoms with E-state index in [1.54, 1.807) is 24.3 Å². The Morgan fingerprint density at radius 2 is 1.80 bits per heavy atom. The highest BCUT2D eigenvalue weighted by atomic mass is 79.9. The maximum Gasteiger partial charge on any atom is 0.273 e. The van der Waals surface area contributed by atoms with Crippen LogP contribution in [0.15, 0.2) is 64.2 Å². The molecule has 0 aliphatic heterocycles. The second kappa shape index (κ2) is 6.98. The third-order valence-electron chi connectivity index (χ3n) is 2.65. The number of amides is 1. The third kappa shape index (κ3) is 3.76. The Labute approximate surface area is 125 Å². The number of carbonyl (C=O) groups excluding carboxylic acids is 1. The fraction of sp³-hybridized carbons (Fsp3) is 0.0667. The summed E-state index contributed by atoms with van der Waals surface area (Å²) in [6.07, 6.45) is 0.284. The summed E-state index contributed by atoms with van der Waals surface area (Å²) in [7, 11) is 0. The molecule has 0 spiro atoms. The Bertz CT molecular complexity index is 614. The van der Waals surface area contributed by atoms with E-state index in [4.69, 9.17) is 0 Å². The highest BCUT2D eigenvalue weighted by Crippen LogP contribution is 2.14. The molecule has 0 heterocycles. The summed E-state index contributed by atoms with van der Waals surface area (Å²) >= 11 is 3.38. The summed E-state index contributed by atoms with van der Waals surface area (Å²) in [5, 5.41) is 13.7. The van der Waals surface area contributed by atoms with Crippen LogP contribution < -0.4 is 5.43 Å². The Kier molecular flexibility index (Phi) is 5.03. The Hall–Kier alpha value is -1.98. The minimum absolute atomic E-state index is 0.529. The summed E-state index contributed by atoms with van der Waals surface area (Å²) in [5.74, 6) is -0.570. The summed E-state index contributed by atoms with van der Waals surface area (Å²) in [5.41, 5.74) is 3.68. The van der Waals surface area contributed by atoms with Crippen LogP contribution in [0.1, 0.15) is 17.2 Å². The van der Waals surface area contributed by atoms with E-state index in [9.17, 15) is 9.90 Å². The van der Waals surface area contributed by atoms with Crippen molar-refractivity contribution in [1.82, 2.24) is 5.43 Å². The molecule has 0 saturated heterocycles. The molecule has 0 bridgehead atoms. The molecule has 0 saturated carbocycles. The molecule has 1 atom stereocenters. The highest BCUT2D eigenvalue weighted by molar-refractivity contribution is 9.10. The van der Waals surface area contributed by atoms with E-state index in [1.165, 1.54) is 6.21 Å². The number of halogens is 1. The van der Waals surface area contributed by atoms with Crippen LogP contribution in [0.2, 0.25) is 0 Å². The lowest BCUT2D eigenvalue weighted by molar-refractivity contribution is -0.129. The van der Waals surface area contributed by atoms with E-state index in [1.807, 2.05) is 30.3 Å². The second-order valence-electron chi connectivity index (χ2n) is 4.07. The molecule has 1 unspecified atom stereocenters. The van der Waals surface area contributed by atoms with E-state index in [0.29, 0.717) is 5.56 Å². The second-order valence-corrected chi connectivity index (χ2v) is 4.92. The predicted octanol–water partition coefficient (Wildman–Crippen LogP) is 2.63. The maximum atomic E-state index is 11.7. The summed E-state index contributed by atoms with van der Waals surface area (Å²) in [4.78, 5) is 11.7. The smallest absolute Gasteiger partial charge is 0.273 e. The first-order valence-electron chi connectivity index (χ1n) is 5.99. The number of aliphatic hydroxyl groups is 1. The molecule has 2 rings (SSSR count). The minimum atomic E-state index is -1.23. The van der Waals surface area contributed by atoms with Crippen molar-refractivity contribution in [2.75, 3.05) is 0 Å². The van der Waals surface area contributed by atoms with Crippen LogP contribution in [-0.4, -0.2) is 17.2 Å². The van der Waals surface area contributed by atoms with Gasteiger partial charge >= 0.3 is 0 Å². The summed E-state index contributed by atoms with van der Waals surface area (Å²) in [6, 6.07) is 16.2. The summed E-state index contributed by atoms with van der Waals surface area (Å²) in [6.45, 7) is 0. The number of aliphatic hydroxyl groups excluding tert-OH is 1. The molecular weight excluding hydrogens is 320 g/mol. The minimum Gasteiger partial charge on any atom is -0.378 e. The van der Waals surface area contributed by atoms with Crippen LogP contribution in [0, 0.1) is 0 Å². The van der Waals surface area contributed by atoms with Crippen LogP contribution in [0.4, 0.5) is 0 Å². The number of hydrogen-bond acceptors (Lipinski definition) is 3. The fourth-order valence-corrected chi connectivity index (χ4v) is 1.98. The van der Waals surface area contributed by atoms with Gasteiger partial charge < -0.3 is 5.11 Å². The molecule has 2 aromatic rings. The Morgan fingerprint density at radius 3 is 2.50 bits per heavy atom. The zero-order valence-corrected chi connectivity index (χ0v) is 12.1. The first kappa shape index (κ1) is 14.4. The van der Waals surface area contributed by atoms with E-state index < -0.39 is 12.0 Å². The molecule has 0 radical (unpaired) electrons. The van der Waals surface area contributed by atoms with Crippen molar-refractivity contribution in [3.05, 3.63) is 70.2 Å². The van der Waals surface area contributed by atoms with Gasteiger partial charge in [-0.2, -0.15) is 5.10 Å². The van der Waals surface area contributed by atoms with Gasteiger partial charge in [-0.15, -0.1) is 0 Å². The van der Waals surface area contributed by atoms with Crippen LogP contribution in [0.5, 0.6) is 0 Å². The van der Waals surface area contributed by atoms with Crippen molar-refractivity contribution in [3.8, 4) is 0 Å². The molecule has 4 nitrogen and oxygen atoms in total. The van der Waals surface area contributed by atoms with E-state index in [0.717, 1.165) is 10.0 Å². The molecule has 0 aliphatic rings. The van der Waals surface area contributed by atoms with Gasteiger partial charge in [0, 0.05) is 10.0 Å². The molecule has 2 N–H and O–H groups in total. The van der Waals surface area contributed by atoms with Crippen LogP contribution in [-0.2, 0) is 4.79 Å². The van der Waals surface area contributed by atoms with E-state index in [-0.39, 0.29) is 0 Å². The lowest BCUT2D eigenvalue weighted by Crippen LogP contribution is -2.25. The molecule has 5 heteroatoms. The van der Waals surface area contributed by atoms with Crippen LogP contribution >= 0.6 is 15.9 Å². The van der Waals surface area contributed by atoms with Gasteiger partial charge in [-0.1, -0.05) is 64.5 Å². The molecule has 102 valence electrons. The van der Waals surface area contributed by atoms with Crippen molar-refractivity contribution in [1.29, 1.82) is 0 Å². The zero-order chi connectivity index (χ0) is 14.4. The number of hydrazone groups is 1. The molecule has 0 aliphatic carbocycles. The standard InChI is InChI=1S/C15H13BrN2O2/c16-13-9-5-4-8-12(13)10-17-18-15(20)14(19)11-6-2-1-3-7-11/h1-10,14,19H,(H,18,20). The van der Waals surface area contributed by atoms with Gasteiger partial charge in [-0.05, 0) is 11.6 Å². The van der Waals surface area contributed by atoms with E-state index >= 15 is 0 Å². The normalized spacial score (nSPS) is 12.3. The molecule has 1 amide bonds. The van der Waals surface area contributed by atoms with Gasteiger partial charge in [0.1, 0.15) is 0 Å². The zero-order valence-electron chi connectivity index (χ0n) is 10.5. The van der Waals surface area contributed by atoms with Gasteiger partial charge in [-0.3, -0.25) is 4.79 Å². The van der Waals surface area contributed by atoms with Crippen LogP contribution in [0.25, 0.3) is 0 Å². The van der Waals surface area contributed by atoms with Crippen LogP contribution in [0.3, 0.4) is 0 Å². The van der Waals surface area contributed by atoms with Crippen molar-refractivity contribution < 1.29 is 9.90 Å². The summed E-state index contributed by atoms with van der Waals surface area (Å²) < 4.78 is 0.876. The number of carbonyl (C=O) groups is 1. The first-order valence-corrected chi connectivity index (χ1v) is 6.78. The molecular formula is C15H13BrN2O2. The van der Waals surface area contributed by atoms with Gasteiger partial charge in [0.15, 0.2) is 6.10 Å². The number of nitrogens with zero attached hydrogens (tertiary/aromatic N) is 1. The van der Waals surface area contributed by atoms with Gasteiger partial charge in [0.2, 0.25) is 0 Å².